The highest BCUT2D eigenvalue weighted by Gasteiger charge is 2.44. The van der Waals surface area contributed by atoms with Crippen LogP contribution >= 0.6 is 0 Å². The van der Waals surface area contributed by atoms with Crippen LogP contribution in [-0.2, 0) is 25.6 Å². The molecule has 1 saturated heterocycles. The summed E-state index contributed by atoms with van der Waals surface area (Å²) in [5, 5.41) is 7.18. The van der Waals surface area contributed by atoms with Gasteiger partial charge >= 0.3 is 11.8 Å². The van der Waals surface area contributed by atoms with E-state index < -0.39 is 41.5 Å². The van der Waals surface area contributed by atoms with E-state index in [9.17, 15) is 28.8 Å². The summed E-state index contributed by atoms with van der Waals surface area (Å²) >= 11 is 0. The summed E-state index contributed by atoms with van der Waals surface area (Å²) in [7, 11) is 0. The number of benzene rings is 2. The molecule has 3 N–H and O–H groups in total. The Balaban J connectivity index is 1.30. The van der Waals surface area contributed by atoms with Crippen LogP contribution < -0.4 is 16.0 Å². The quantitative estimate of drug-likeness (QED) is 0.238. The Labute approximate surface area is 206 Å². The lowest BCUT2D eigenvalue weighted by Crippen LogP contribution is -2.54. The van der Waals surface area contributed by atoms with Crippen LogP contribution in [0.4, 0.5) is 5.69 Å². The van der Waals surface area contributed by atoms with E-state index >= 15 is 0 Å². The third-order valence-electron chi connectivity index (χ3n) is 5.93. The van der Waals surface area contributed by atoms with Gasteiger partial charge in [0.15, 0.2) is 0 Å². The SMILES string of the molecule is C#Cc1cccc(NC(=O)C(=O)NCCCc2ccc3c(c2)C(=O)N(C2CCC(=O)NC2=O)C3=O)c1. The first kappa shape index (κ1) is 24.3. The molecule has 0 aromatic heterocycles. The molecule has 0 aliphatic carbocycles. The number of nitrogens with one attached hydrogen (secondary N) is 3. The molecular weight excluding hydrogens is 464 g/mol. The predicted molar refractivity (Wildman–Crippen MR) is 127 cm³/mol. The van der Waals surface area contributed by atoms with E-state index in [1.165, 1.54) is 6.07 Å². The maximum Gasteiger partial charge on any atom is 0.313 e. The van der Waals surface area contributed by atoms with Gasteiger partial charge in [-0.3, -0.25) is 39.0 Å². The normalized spacial score (nSPS) is 16.8. The number of imide groups is 2. The Morgan fingerprint density at radius 3 is 2.56 bits per heavy atom. The minimum atomic E-state index is -1.02. The number of hydrogen-bond donors (Lipinski definition) is 3. The fourth-order valence-electron chi connectivity index (χ4n) is 4.12. The highest BCUT2D eigenvalue weighted by atomic mass is 16.2. The topological polar surface area (TPSA) is 142 Å². The van der Waals surface area contributed by atoms with Crippen molar-refractivity contribution in [3.63, 3.8) is 0 Å². The zero-order valence-corrected chi connectivity index (χ0v) is 19.1. The van der Waals surface area contributed by atoms with Gasteiger partial charge in [0.1, 0.15) is 6.04 Å². The van der Waals surface area contributed by atoms with Crippen LogP contribution in [0, 0.1) is 12.3 Å². The third-order valence-corrected chi connectivity index (χ3v) is 5.93. The Morgan fingerprint density at radius 1 is 1.03 bits per heavy atom. The van der Waals surface area contributed by atoms with Crippen molar-refractivity contribution in [1.29, 1.82) is 0 Å². The van der Waals surface area contributed by atoms with E-state index in [0.717, 1.165) is 10.5 Å². The Bertz CT molecular complexity index is 1340. The molecule has 36 heavy (non-hydrogen) atoms. The van der Waals surface area contributed by atoms with E-state index in [2.05, 4.69) is 21.9 Å². The van der Waals surface area contributed by atoms with Crippen LogP contribution in [-0.4, -0.2) is 52.9 Å². The van der Waals surface area contributed by atoms with Crippen molar-refractivity contribution in [2.75, 3.05) is 11.9 Å². The average molecular weight is 486 g/mol. The van der Waals surface area contributed by atoms with Gasteiger partial charge in [0, 0.05) is 24.2 Å². The second-order valence-electron chi connectivity index (χ2n) is 8.37. The number of rotatable bonds is 6. The number of terminal acetylenes is 1. The van der Waals surface area contributed by atoms with Gasteiger partial charge < -0.3 is 10.6 Å². The summed E-state index contributed by atoms with van der Waals surface area (Å²) in [4.78, 5) is 74.3. The number of aryl methyl sites for hydroxylation is 1. The third kappa shape index (κ3) is 5.00. The molecule has 0 spiro atoms. The summed E-state index contributed by atoms with van der Waals surface area (Å²) in [5.41, 5.74) is 2.13. The Kier molecular flexibility index (Phi) is 6.92. The first-order valence-corrected chi connectivity index (χ1v) is 11.3. The molecule has 0 radical (unpaired) electrons. The van der Waals surface area contributed by atoms with E-state index in [1.54, 1.807) is 36.4 Å². The zero-order chi connectivity index (χ0) is 25.8. The minimum absolute atomic E-state index is 0.0517. The molecule has 1 unspecified atom stereocenters. The second kappa shape index (κ2) is 10.2. The van der Waals surface area contributed by atoms with Crippen LogP contribution in [0.25, 0.3) is 0 Å². The molecule has 1 fully saturated rings. The van der Waals surface area contributed by atoms with Crippen molar-refractivity contribution in [2.45, 2.75) is 31.7 Å². The van der Waals surface area contributed by atoms with Crippen molar-refractivity contribution < 1.29 is 28.8 Å². The standard InChI is InChI=1S/C26H22N4O6/c1-2-15-5-3-7-17(13-15)28-24(34)23(33)27-12-4-6-16-8-9-18-19(14-16)26(36)30(25(18)35)20-10-11-21(31)29-22(20)32/h1,3,5,7-9,13-14,20H,4,6,10-12H2,(H,27,33)(H,28,34)(H,29,31,32). The van der Waals surface area contributed by atoms with E-state index in [-0.39, 0.29) is 30.5 Å². The van der Waals surface area contributed by atoms with Crippen molar-refractivity contribution >= 4 is 41.1 Å². The van der Waals surface area contributed by atoms with E-state index in [0.29, 0.717) is 24.1 Å². The number of carbonyl (C=O) groups is 6. The highest BCUT2D eigenvalue weighted by molar-refractivity contribution is 6.39. The second-order valence-corrected chi connectivity index (χ2v) is 8.37. The molecule has 2 aromatic rings. The van der Waals surface area contributed by atoms with Gasteiger partial charge in [-0.25, -0.2) is 0 Å². The van der Waals surface area contributed by atoms with Crippen molar-refractivity contribution in [3.05, 3.63) is 64.7 Å². The van der Waals surface area contributed by atoms with Gasteiger partial charge in [0.2, 0.25) is 11.8 Å². The molecule has 10 heteroatoms. The average Bonchev–Trinajstić information content (AvgIpc) is 3.11. The lowest BCUT2D eigenvalue weighted by Gasteiger charge is -2.27. The molecule has 1 atom stereocenters. The summed E-state index contributed by atoms with van der Waals surface area (Å²) in [6, 6.07) is 10.4. The van der Waals surface area contributed by atoms with Gasteiger partial charge in [-0.05, 0) is 55.2 Å². The number of carbonyl (C=O) groups excluding carboxylic acids is 6. The lowest BCUT2D eigenvalue weighted by atomic mass is 10.0. The summed E-state index contributed by atoms with van der Waals surface area (Å²) in [5.74, 6) is -1.41. The smallest absolute Gasteiger partial charge is 0.313 e. The lowest BCUT2D eigenvalue weighted by molar-refractivity contribution is -0.136. The number of hydrogen-bond acceptors (Lipinski definition) is 6. The van der Waals surface area contributed by atoms with Crippen LogP contribution in [0.1, 0.15) is 51.1 Å². The van der Waals surface area contributed by atoms with Crippen molar-refractivity contribution in [3.8, 4) is 12.3 Å². The molecule has 2 aliphatic heterocycles. The number of nitrogens with zero attached hydrogens (tertiary/aromatic N) is 1. The molecule has 182 valence electrons. The minimum Gasteiger partial charge on any atom is -0.348 e. The fourth-order valence-corrected chi connectivity index (χ4v) is 4.12. The van der Waals surface area contributed by atoms with Crippen LogP contribution in [0.5, 0.6) is 0 Å². The van der Waals surface area contributed by atoms with Crippen LogP contribution in [0.3, 0.4) is 0 Å². The first-order chi connectivity index (χ1) is 17.3. The number of fused-ring (bicyclic) bond motifs is 1. The molecule has 4 rings (SSSR count). The van der Waals surface area contributed by atoms with Gasteiger partial charge in [-0.1, -0.05) is 18.1 Å². The number of anilines is 1. The highest BCUT2D eigenvalue weighted by Crippen LogP contribution is 2.28. The number of amides is 6. The molecule has 6 amide bonds. The predicted octanol–water partition coefficient (Wildman–Crippen LogP) is 0.757. The van der Waals surface area contributed by atoms with Crippen molar-refractivity contribution in [2.24, 2.45) is 0 Å². The fraction of sp³-hybridized carbons (Fsp3) is 0.231. The Hall–Kier alpha value is -4.78. The maximum absolute atomic E-state index is 12.9. The van der Waals surface area contributed by atoms with E-state index in [1.807, 2.05) is 0 Å². The van der Waals surface area contributed by atoms with Crippen LogP contribution in [0.15, 0.2) is 42.5 Å². The van der Waals surface area contributed by atoms with Gasteiger partial charge in [-0.2, -0.15) is 0 Å². The Morgan fingerprint density at radius 2 is 1.81 bits per heavy atom. The monoisotopic (exact) mass is 486 g/mol. The molecule has 2 aromatic carbocycles. The van der Waals surface area contributed by atoms with Gasteiger partial charge in [-0.15, -0.1) is 6.42 Å². The van der Waals surface area contributed by atoms with E-state index in [4.69, 9.17) is 6.42 Å². The molecule has 10 nitrogen and oxygen atoms in total. The molecule has 2 aliphatic rings. The molecule has 2 heterocycles. The largest absolute Gasteiger partial charge is 0.348 e. The van der Waals surface area contributed by atoms with Gasteiger partial charge in [0.05, 0.1) is 11.1 Å². The summed E-state index contributed by atoms with van der Waals surface area (Å²) in [6.07, 6.45) is 6.41. The summed E-state index contributed by atoms with van der Waals surface area (Å²) in [6.45, 7) is 0.211. The molecule has 0 saturated carbocycles. The summed E-state index contributed by atoms with van der Waals surface area (Å²) < 4.78 is 0. The maximum atomic E-state index is 12.9. The number of piperidine rings is 1. The van der Waals surface area contributed by atoms with Crippen LogP contribution in [0.2, 0.25) is 0 Å². The molecule has 0 bridgehead atoms. The molecular formula is C26H22N4O6. The zero-order valence-electron chi connectivity index (χ0n) is 19.1. The van der Waals surface area contributed by atoms with Gasteiger partial charge in [0.25, 0.3) is 11.8 Å². The van der Waals surface area contributed by atoms with Crippen molar-refractivity contribution in [1.82, 2.24) is 15.5 Å². The first-order valence-electron chi connectivity index (χ1n) is 11.3.